The van der Waals surface area contributed by atoms with Crippen LogP contribution in [0.1, 0.15) is 19.4 Å². The molecule has 1 aromatic rings. The Balaban J connectivity index is 2.14. The normalized spacial score (nSPS) is 18.2. The Bertz CT molecular complexity index is 364. The van der Waals surface area contributed by atoms with Crippen molar-refractivity contribution >= 4 is 0 Å². The van der Waals surface area contributed by atoms with Crippen LogP contribution in [0.4, 0.5) is 0 Å². The molecule has 1 aromatic carbocycles. The van der Waals surface area contributed by atoms with Gasteiger partial charge in [-0.3, -0.25) is 4.90 Å². The Kier molecular flexibility index (Phi) is 2.91. The van der Waals surface area contributed by atoms with Crippen molar-refractivity contribution in [1.29, 1.82) is 0 Å². The second-order valence-corrected chi connectivity index (χ2v) is 5.02. The fourth-order valence-corrected chi connectivity index (χ4v) is 1.97. The summed E-state index contributed by atoms with van der Waals surface area (Å²) in [6.45, 7) is 5.48. The van der Waals surface area contributed by atoms with E-state index >= 15 is 0 Å². The van der Waals surface area contributed by atoms with Crippen LogP contribution in [0.15, 0.2) is 24.3 Å². The van der Waals surface area contributed by atoms with E-state index in [-0.39, 0.29) is 6.10 Å². The van der Waals surface area contributed by atoms with Crippen molar-refractivity contribution in [3.05, 3.63) is 29.8 Å². The zero-order valence-corrected chi connectivity index (χ0v) is 10.1. The number of likely N-dealkylation sites (N-methyl/N-ethyl adjacent to an activating group) is 1. The maximum atomic E-state index is 10.0. The van der Waals surface area contributed by atoms with Gasteiger partial charge in [0.25, 0.3) is 0 Å². The molecule has 1 aliphatic rings. The van der Waals surface area contributed by atoms with E-state index in [1.165, 1.54) is 0 Å². The number of hydrogen-bond acceptors (Lipinski definition) is 3. The average Bonchev–Trinajstić information content (AvgIpc) is 2.14. The number of hydrogen-bond donors (Lipinski definition) is 1. The molecule has 3 nitrogen and oxygen atoms in total. The quantitative estimate of drug-likeness (QED) is 0.841. The molecule has 1 heterocycles. The first-order valence-electron chi connectivity index (χ1n) is 5.64. The Labute approximate surface area is 96.6 Å². The van der Waals surface area contributed by atoms with Gasteiger partial charge in [0.1, 0.15) is 11.9 Å². The zero-order chi connectivity index (χ0) is 11.8. The van der Waals surface area contributed by atoms with Crippen LogP contribution >= 0.6 is 0 Å². The largest absolute Gasteiger partial charge is 0.487 e. The number of rotatable bonds is 3. The second-order valence-electron chi connectivity index (χ2n) is 5.02. The average molecular weight is 221 g/mol. The summed E-state index contributed by atoms with van der Waals surface area (Å²) in [5.74, 6) is 0.799. The third kappa shape index (κ3) is 2.36. The second kappa shape index (κ2) is 4.07. The van der Waals surface area contributed by atoms with Gasteiger partial charge in [0.05, 0.1) is 5.60 Å². The fourth-order valence-electron chi connectivity index (χ4n) is 1.97. The van der Waals surface area contributed by atoms with E-state index in [0.29, 0.717) is 0 Å². The van der Waals surface area contributed by atoms with Crippen LogP contribution in [0.5, 0.6) is 5.75 Å². The van der Waals surface area contributed by atoms with Crippen molar-refractivity contribution in [2.45, 2.75) is 25.6 Å². The standard InChI is InChI=1S/C13H19NO2/c1-13(2,15)11-6-4-5-7-12(11)16-10-8-14(3)9-10/h4-7,10,15H,8-9H2,1-3H3. The van der Waals surface area contributed by atoms with E-state index < -0.39 is 5.60 Å². The van der Waals surface area contributed by atoms with Crippen LogP contribution < -0.4 is 4.74 Å². The highest BCUT2D eigenvalue weighted by Crippen LogP contribution is 2.30. The number of aliphatic hydroxyl groups is 1. The third-order valence-electron chi connectivity index (χ3n) is 2.87. The molecule has 0 saturated carbocycles. The maximum absolute atomic E-state index is 10.0. The molecule has 0 aromatic heterocycles. The topological polar surface area (TPSA) is 32.7 Å². The molecule has 0 bridgehead atoms. The van der Waals surface area contributed by atoms with Crippen molar-refractivity contribution in [3.63, 3.8) is 0 Å². The van der Waals surface area contributed by atoms with Crippen molar-refractivity contribution in [1.82, 2.24) is 4.90 Å². The SMILES string of the molecule is CN1CC(Oc2ccccc2C(C)(C)O)C1. The first-order valence-corrected chi connectivity index (χ1v) is 5.64. The molecule has 2 rings (SSSR count). The smallest absolute Gasteiger partial charge is 0.125 e. The monoisotopic (exact) mass is 221 g/mol. The molecular formula is C13H19NO2. The molecule has 0 amide bonds. The lowest BCUT2D eigenvalue weighted by Crippen LogP contribution is -2.51. The molecule has 0 unspecified atom stereocenters. The van der Waals surface area contributed by atoms with Crippen LogP contribution in [0.3, 0.4) is 0 Å². The Hall–Kier alpha value is -1.06. The molecular weight excluding hydrogens is 202 g/mol. The predicted molar refractivity (Wildman–Crippen MR) is 63.6 cm³/mol. The summed E-state index contributed by atoms with van der Waals surface area (Å²) in [4.78, 5) is 2.21. The lowest BCUT2D eigenvalue weighted by Gasteiger charge is -2.37. The van der Waals surface area contributed by atoms with Crippen LogP contribution in [0, 0.1) is 0 Å². The van der Waals surface area contributed by atoms with E-state index in [2.05, 4.69) is 11.9 Å². The maximum Gasteiger partial charge on any atom is 0.125 e. The Morgan fingerprint density at radius 3 is 2.50 bits per heavy atom. The summed E-state index contributed by atoms with van der Waals surface area (Å²) in [6, 6.07) is 7.70. The molecule has 0 spiro atoms. The molecule has 0 atom stereocenters. The van der Waals surface area contributed by atoms with Crippen molar-refractivity contribution in [3.8, 4) is 5.75 Å². The van der Waals surface area contributed by atoms with Gasteiger partial charge >= 0.3 is 0 Å². The molecule has 1 N–H and O–H groups in total. The van der Waals surface area contributed by atoms with Crippen LogP contribution in [0.2, 0.25) is 0 Å². The van der Waals surface area contributed by atoms with Crippen LogP contribution in [-0.2, 0) is 5.60 Å². The van der Waals surface area contributed by atoms with Gasteiger partial charge in [-0.2, -0.15) is 0 Å². The van der Waals surface area contributed by atoms with Gasteiger partial charge in [0.2, 0.25) is 0 Å². The minimum atomic E-state index is -0.855. The summed E-state index contributed by atoms with van der Waals surface area (Å²) < 4.78 is 5.88. The highest BCUT2D eigenvalue weighted by Gasteiger charge is 2.27. The lowest BCUT2D eigenvalue weighted by atomic mass is 9.97. The summed E-state index contributed by atoms with van der Waals surface area (Å²) in [6.07, 6.45) is 0.258. The summed E-state index contributed by atoms with van der Waals surface area (Å²) in [5, 5.41) is 10.0. The highest BCUT2D eigenvalue weighted by molar-refractivity contribution is 5.37. The van der Waals surface area contributed by atoms with Crippen LogP contribution in [0.25, 0.3) is 0 Å². The first-order chi connectivity index (χ1) is 7.47. The van der Waals surface area contributed by atoms with E-state index in [9.17, 15) is 5.11 Å². The van der Waals surface area contributed by atoms with Gasteiger partial charge in [0, 0.05) is 18.7 Å². The summed E-state index contributed by atoms with van der Waals surface area (Å²) in [5.41, 5.74) is -0.00348. The van der Waals surface area contributed by atoms with Gasteiger partial charge in [0.15, 0.2) is 0 Å². The minimum Gasteiger partial charge on any atom is -0.487 e. The van der Waals surface area contributed by atoms with Gasteiger partial charge in [-0.05, 0) is 27.0 Å². The lowest BCUT2D eigenvalue weighted by molar-refractivity contribution is 0.0294. The Morgan fingerprint density at radius 2 is 1.94 bits per heavy atom. The summed E-state index contributed by atoms with van der Waals surface area (Å²) in [7, 11) is 2.07. The third-order valence-corrected chi connectivity index (χ3v) is 2.87. The molecule has 88 valence electrons. The van der Waals surface area contributed by atoms with E-state index in [1.807, 2.05) is 24.3 Å². The van der Waals surface area contributed by atoms with Gasteiger partial charge in [-0.25, -0.2) is 0 Å². The van der Waals surface area contributed by atoms with E-state index in [4.69, 9.17) is 4.74 Å². The number of benzene rings is 1. The molecule has 3 heteroatoms. The van der Waals surface area contributed by atoms with Crippen molar-refractivity contribution in [2.24, 2.45) is 0 Å². The van der Waals surface area contributed by atoms with Crippen molar-refractivity contribution < 1.29 is 9.84 Å². The Morgan fingerprint density at radius 1 is 1.31 bits per heavy atom. The first kappa shape index (κ1) is 11.4. The number of para-hydroxylation sites is 1. The molecule has 16 heavy (non-hydrogen) atoms. The van der Waals surface area contributed by atoms with Gasteiger partial charge < -0.3 is 9.84 Å². The highest BCUT2D eigenvalue weighted by atomic mass is 16.5. The molecule has 0 radical (unpaired) electrons. The zero-order valence-electron chi connectivity index (χ0n) is 10.1. The van der Waals surface area contributed by atoms with Crippen LogP contribution in [-0.4, -0.2) is 36.2 Å². The van der Waals surface area contributed by atoms with E-state index in [0.717, 1.165) is 24.4 Å². The number of ether oxygens (including phenoxy) is 1. The molecule has 0 aliphatic carbocycles. The predicted octanol–water partition coefficient (Wildman–Crippen LogP) is 1.61. The van der Waals surface area contributed by atoms with Gasteiger partial charge in [-0.15, -0.1) is 0 Å². The summed E-state index contributed by atoms with van der Waals surface area (Å²) >= 11 is 0. The molecule has 1 fully saturated rings. The molecule has 1 saturated heterocycles. The fraction of sp³-hybridized carbons (Fsp3) is 0.538. The minimum absolute atomic E-state index is 0.258. The number of likely N-dealkylation sites (tertiary alicyclic amines) is 1. The van der Waals surface area contributed by atoms with E-state index in [1.54, 1.807) is 13.8 Å². The van der Waals surface area contributed by atoms with Gasteiger partial charge in [-0.1, -0.05) is 18.2 Å². The van der Waals surface area contributed by atoms with Crippen molar-refractivity contribution in [2.75, 3.05) is 20.1 Å². The molecule has 1 aliphatic heterocycles. The number of nitrogens with zero attached hydrogens (tertiary/aromatic N) is 1.